The maximum Gasteiger partial charge on any atom is 0.338 e. The molecule has 0 aliphatic carbocycles. The van der Waals surface area contributed by atoms with E-state index < -0.39 is 32.2 Å². The van der Waals surface area contributed by atoms with Crippen molar-refractivity contribution in [1.82, 2.24) is 0 Å². The van der Waals surface area contributed by atoms with Crippen LogP contribution in [0.2, 0.25) is 0 Å². The van der Waals surface area contributed by atoms with Gasteiger partial charge in [0, 0.05) is 0 Å². The molecular formula is C15H14O6S. The number of phenolic OH excluding ortho intramolecular Hbond substituents is 2. The lowest BCUT2D eigenvalue weighted by atomic mass is 10.2. The number of methoxy groups -OCH3 is 1. The van der Waals surface area contributed by atoms with Crippen molar-refractivity contribution in [3.63, 3.8) is 0 Å². The quantitative estimate of drug-likeness (QED) is 0.662. The summed E-state index contributed by atoms with van der Waals surface area (Å²) in [5.74, 6) is -2.34. The second-order valence-electron chi connectivity index (χ2n) is 4.60. The third-order valence-corrected chi connectivity index (χ3v) is 5.08. The molecule has 0 amide bonds. The minimum atomic E-state index is -4.10. The van der Waals surface area contributed by atoms with Crippen LogP contribution in [0, 0.1) is 6.92 Å². The van der Waals surface area contributed by atoms with Crippen LogP contribution in [0.4, 0.5) is 0 Å². The molecule has 0 aliphatic heterocycles. The predicted octanol–water partition coefficient (Wildman–Crippen LogP) is 2.03. The van der Waals surface area contributed by atoms with Gasteiger partial charge in [-0.2, -0.15) is 0 Å². The Hall–Kier alpha value is -2.54. The highest BCUT2D eigenvalue weighted by molar-refractivity contribution is 7.91. The number of sulfone groups is 1. The highest BCUT2D eigenvalue weighted by Gasteiger charge is 2.27. The zero-order valence-corrected chi connectivity index (χ0v) is 12.7. The molecule has 0 fully saturated rings. The maximum absolute atomic E-state index is 12.7. The summed E-state index contributed by atoms with van der Waals surface area (Å²) in [6, 6.07) is 8.12. The predicted molar refractivity (Wildman–Crippen MR) is 77.7 cm³/mol. The summed E-state index contributed by atoms with van der Waals surface area (Å²) in [5, 5.41) is 19.6. The van der Waals surface area contributed by atoms with Crippen molar-refractivity contribution in [1.29, 1.82) is 0 Å². The zero-order chi connectivity index (χ0) is 16.5. The molecule has 2 rings (SSSR count). The SMILES string of the molecule is COC(=O)c1cc(O)c(O)c(S(=O)(=O)c2ccccc2C)c1. The Morgan fingerprint density at radius 1 is 1.09 bits per heavy atom. The van der Waals surface area contributed by atoms with E-state index in [2.05, 4.69) is 4.74 Å². The summed E-state index contributed by atoms with van der Waals surface area (Å²) in [7, 11) is -2.98. The molecule has 0 spiro atoms. The van der Waals surface area contributed by atoms with Crippen LogP contribution in [0.3, 0.4) is 0 Å². The molecule has 0 unspecified atom stereocenters. The van der Waals surface area contributed by atoms with E-state index in [0.29, 0.717) is 5.56 Å². The molecule has 0 radical (unpaired) electrons. The average Bonchev–Trinajstić information content (AvgIpc) is 2.49. The molecule has 0 saturated carbocycles. The number of aromatic hydroxyl groups is 2. The number of benzene rings is 2. The van der Waals surface area contributed by atoms with Crippen molar-refractivity contribution in [3.8, 4) is 11.5 Å². The molecule has 0 aromatic heterocycles. The maximum atomic E-state index is 12.7. The van der Waals surface area contributed by atoms with Gasteiger partial charge >= 0.3 is 5.97 Å². The first kappa shape index (κ1) is 15.8. The number of esters is 1. The first-order chi connectivity index (χ1) is 10.3. The van der Waals surface area contributed by atoms with E-state index in [-0.39, 0.29) is 10.5 Å². The molecule has 2 N–H and O–H groups in total. The number of ether oxygens (including phenoxy) is 1. The van der Waals surface area contributed by atoms with Crippen LogP contribution in [0.1, 0.15) is 15.9 Å². The van der Waals surface area contributed by atoms with E-state index in [1.165, 1.54) is 6.07 Å². The van der Waals surface area contributed by atoms with Gasteiger partial charge in [-0.15, -0.1) is 0 Å². The van der Waals surface area contributed by atoms with Gasteiger partial charge in [0.05, 0.1) is 17.6 Å². The van der Waals surface area contributed by atoms with Gasteiger partial charge in [0.1, 0.15) is 4.90 Å². The summed E-state index contributed by atoms with van der Waals surface area (Å²) in [4.78, 5) is 11.0. The van der Waals surface area contributed by atoms with Crippen LogP contribution >= 0.6 is 0 Å². The summed E-state index contributed by atoms with van der Waals surface area (Å²) in [6.07, 6.45) is 0. The van der Waals surface area contributed by atoms with Gasteiger partial charge in [0.15, 0.2) is 11.5 Å². The Balaban J connectivity index is 2.73. The van der Waals surface area contributed by atoms with Crippen molar-refractivity contribution in [2.45, 2.75) is 16.7 Å². The lowest BCUT2D eigenvalue weighted by molar-refractivity contribution is 0.0600. The monoisotopic (exact) mass is 322 g/mol. The highest BCUT2D eigenvalue weighted by Crippen LogP contribution is 2.37. The highest BCUT2D eigenvalue weighted by atomic mass is 32.2. The molecule has 7 heteroatoms. The van der Waals surface area contributed by atoms with E-state index >= 15 is 0 Å². The van der Waals surface area contributed by atoms with E-state index in [4.69, 9.17) is 0 Å². The second kappa shape index (κ2) is 5.69. The Labute approximate surface area is 127 Å². The van der Waals surface area contributed by atoms with Crippen LogP contribution < -0.4 is 0 Å². The fourth-order valence-corrected chi connectivity index (χ4v) is 3.64. The molecule has 6 nitrogen and oxygen atoms in total. The Morgan fingerprint density at radius 2 is 1.73 bits per heavy atom. The van der Waals surface area contributed by atoms with Crippen molar-refractivity contribution in [2.75, 3.05) is 7.11 Å². The van der Waals surface area contributed by atoms with Crippen molar-refractivity contribution in [2.24, 2.45) is 0 Å². The first-order valence-corrected chi connectivity index (χ1v) is 7.72. The van der Waals surface area contributed by atoms with Gasteiger partial charge in [-0.1, -0.05) is 18.2 Å². The number of carbonyl (C=O) groups excluding carboxylic acids is 1. The van der Waals surface area contributed by atoms with E-state index in [0.717, 1.165) is 19.2 Å². The van der Waals surface area contributed by atoms with Crippen LogP contribution in [-0.4, -0.2) is 31.7 Å². The smallest absolute Gasteiger partial charge is 0.338 e. The Bertz CT molecular complexity index is 839. The summed E-state index contributed by atoms with van der Waals surface area (Å²) in [6.45, 7) is 1.61. The minimum absolute atomic E-state index is 0.0216. The van der Waals surface area contributed by atoms with Crippen molar-refractivity contribution < 1.29 is 28.2 Å². The first-order valence-electron chi connectivity index (χ1n) is 6.24. The van der Waals surface area contributed by atoms with Gasteiger partial charge < -0.3 is 14.9 Å². The van der Waals surface area contributed by atoms with Crippen LogP contribution in [-0.2, 0) is 14.6 Å². The molecule has 116 valence electrons. The fourth-order valence-electron chi connectivity index (χ4n) is 2.01. The van der Waals surface area contributed by atoms with E-state index in [9.17, 15) is 23.4 Å². The number of phenols is 2. The van der Waals surface area contributed by atoms with Crippen molar-refractivity contribution in [3.05, 3.63) is 47.5 Å². The lowest BCUT2D eigenvalue weighted by Crippen LogP contribution is -2.08. The second-order valence-corrected chi connectivity index (χ2v) is 6.49. The number of hydrogen-bond donors (Lipinski definition) is 2. The molecule has 0 heterocycles. The number of hydrogen-bond acceptors (Lipinski definition) is 6. The van der Waals surface area contributed by atoms with E-state index in [1.807, 2.05) is 0 Å². The topological polar surface area (TPSA) is 101 Å². The van der Waals surface area contributed by atoms with Gasteiger partial charge in [0.25, 0.3) is 0 Å². The summed E-state index contributed by atoms with van der Waals surface area (Å²) in [5.41, 5.74) is 0.301. The number of aryl methyl sites for hydroxylation is 1. The van der Waals surface area contributed by atoms with Crippen LogP contribution in [0.5, 0.6) is 11.5 Å². The standard InChI is InChI=1S/C15H14O6S/c1-9-5-3-4-6-12(9)22(19,20)13-8-10(15(18)21-2)7-11(16)14(13)17/h3-8,16-17H,1-2H3. The molecule has 2 aromatic rings. The molecule has 22 heavy (non-hydrogen) atoms. The molecule has 0 saturated heterocycles. The van der Waals surface area contributed by atoms with Crippen LogP contribution in [0.25, 0.3) is 0 Å². The molecule has 2 aromatic carbocycles. The number of carbonyl (C=O) groups is 1. The van der Waals surface area contributed by atoms with Gasteiger partial charge in [-0.05, 0) is 30.7 Å². The largest absolute Gasteiger partial charge is 0.504 e. The lowest BCUT2D eigenvalue weighted by Gasteiger charge is -2.11. The third kappa shape index (κ3) is 2.62. The average molecular weight is 322 g/mol. The van der Waals surface area contributed by atoms with Gasteiger partial charge in [-0.25, -0.2) is 13.2 Å². The summed E-state index contributed by atoms with van der Waals surface area (Å²) < 4.78 is 29.8. The van der Waals surface area contributed by atoms with Gasteiger partial charge in [0.2, 0.25) is 9.84 Å². The molecule has 0 aliphatic rings. The molecule has 0 atom stereocenters. The van der Waals surface area contributed by atoms with Crippen LogP contribution in [0.15, 0.2) is 46.2 Å². The summed E-state index contributed by atoms with van der Waals surface area (Å²) >= 11 is 0. The van der Waals surface area contributed by atoms with E-state index in [1.54, 1.807) is 25.1 Å². The zero-order valence-electron chi connectivity index (χ0n) is 11.9. The third-order valence-electron chi connectivity index (χ3n) is 3.15. The Kier molecular flexibility index (Phi) is 4.09. The van der Waals surface area contributed by atoms with Gasteiger partial charge in [-0.3, -0.25) is 0 Å². The molecule has 0 bridgehead atoms. The minimum Gasteiger partial charge on any atom is -0.504 e. The van der Waals surface area contributed by atoms with Crippen molar-refractivity contribution >= 4 is 15.8 Å². The number of rotatable bonds is 3. The normalized spacial score (nSPS) is 11.2. The molecular weight excluding hydrogens is 308 g/mol. The fraction of sp³-hybridized carbons (Fsp3) is 0.133. The Morgan fingerprint density at radius 3 is 2.32 bits per heavy atom.